The summed E-state index contributed by atoms with van der Waals surface area (Å²) in [4.78, 5) is 25.2. The molecule has 1 saturated heterocycles. The van der Waals surface area contributed by atoms with Crippen molar-refractivity contribution < 1.29 is 14.3 Å². The predicted molar refractivity (Wildman–Crippen MR) is 82.0 cm³/mol. The lowest BCUT2D eigenvalue weighted by atomic mass is 9.80. The first-order valence-corrected chi connectivity index (χ1v) is 8.32. The Morgan fingerprint density at radius 3 is 2.43 bits per heavy atom. The van der Waals surface area contributed by atoms with E-state index in [0.29, 0.717) is 19.0 Å². The van der Waals surface area contributed by atoms with Crippen LogP contribution in [-0.2, 0) is 9.53 Å². The van der Waals surface area contributed by atoms with Crippen molar-refractivity contribution in [3.05, 3.63) is 0 Å². The Morgan fingerprint density at radius 1 is 1.19 bits per heavy atom. The van der Waals surface area contributed by atoms with E-state index in [1.807, 2.05) is 20.8 Å². The topological polar surface area (TPSA) is 46.6 Å². The van der Waals surface area contributed by atoms with Crippen LogP contribution in [0.3, 0.4) is 0 Å². The van der Waals surface area contributed by atoms with Crippen molar-refractivity contribution in [3.8, 4) is 0 Å². The van der Waals surface area contributed by atoms with Crippen LogP contribution in [0.5, 0.6) is 0 Å². The number of aldehydes is 1. The summed E-state index contributed by atoms with van der Waals surface area (Å²) < 4.78 is 5.42. The molecule has 0 unspecified atom stereocenters. The summed E-state index contributed by atoms with van der Waals surface area (Å²) in [6.07, 6.45) is 8.41. The highest BCUT2D eigenvalue weighted by Gasteiger charge is 2.38. The summed E-state index contributed by atoms with van der Waals surface area (Å²) in [5.74, 6) is 1.04. The Bertz CT molecular complexity index is 369. The maximum atomic E-state index is 12.1. The zero-order valence-corrected chi connectivity index (χ0v) is 13.6. The second-order valence-corrected chi connectivity index (χ2v) is 7.69. The Morgan fingerprint density at radius 2 is 1.86 bits per heavy atom. The van der Waals surface area contributed by atoms with Crippen LogP contribution in [0.25, 0.3) is 0 Å². The predicted octanol–water partition coefficient (Wildman–Crippen LogP) is 3.64. The molecule has 1 heterocycles. The maximum Gasteiger partial charge on any atom is 0.410 e. The molecule has 4 nitrogen and oxygen atoms in total. The largest absolute Gasteiger partial charge is 0.444 e. The van der Waals surface area contributed by atoms with E-state index in [-0.39, 0.29) is 12.0 Å². The minimum atomic E-state index is -0.477. The lowest BCUT2D eigenvalue weighted by molar-refractivity contribution is -0.111. The average Bonchev–Trinajstić information content (AvgIpc) is 2.81. The van der Waals surface area contributed by atoms with Gasteiger partial charge in [-0.2, -0.15) is 0 Å². The fourth-order valence-electron chi connectivity index (χ4n) is 3.63. The van der Waals surface area contributed by atoms with Crippen LogP contribution >= 0.6 is 0 Å². The van der Waals surface area contributed by atoms with E-state index in [9.17, 15) is 9.59 Å². The average molecular weight is 295 g/mol. The lowest BCUT2D eigenvalue weighted by Crippen LogP contribution is -2.35. The van der Waals surface area contributed by atoms with E-state index in [1.165, 1.54) is 32.1 Å². The molecular weight excluding hydrogens is 266 g/mol. The van der Waals surface area contributed by atoms with Crippen molar-refractivity contribution in [2.24, 2.45) is 17.8 Å². The molecule has 0 aromatic heterocycles. The molecule has 0 bridgehead atoms. The molecule has 21 heavy (non-hydrogen) atoms. The number of hydrogen-bond acceptors (Lipinski definition) is 3. The molecule has 4 heteroatoms. The van der Waals surface area contributed by atoms with Gasteiger partial charge >= 0.3 is 6.09 Å². The summed E-state index contributed by atoms with van der Waals surface area (Å²) in [5, 5.41) is 0. The summed E-state index contributed by atoms with van der Waals surface area (Å²) in [5.41, 5.74) is -0.477. The van der Waals surface area contributed by atoms with E-state index >= 15 is 0 Å². The molecular formula is C17H29NO3. The minimum absolute atomic E-state index is 0.0144. The van der Waals surface area contributed by atoms with Gasteiger partial charge in [0.1, 0.15) is 11.9 Å². The van der Waals surface area contributed by atoms with Gasteiger partial charge < -0.3 is 14.4 Å². The van der Waals surface area contributed by atoms with Gasteiger partial charge in [0.05, 0.1) is 0 Å². The summed E-state index contributed by atoms with van der Waals surface area (Å²) in [6.45, 7) is 6.82. The molecule has 2 fully saturated rings. The standard InChI is InChI=1S/C17H29NO3/c1-17(2,3)21-16(20)18-10-14(15(11-18)12-19)9-13-7-5-4-6-8-13/h12-15H,4-11H2,1-3H3/t14-,15+/m1/s1. The van der Waals surface area contributed by atoms with E-state index in [4.69, 9.17) is 4.74 Å². The molecule has 120 valence electrons. The fourth-order valence-corrected chi connectivity index (χ4v) is 3.63. The highest BCUT2D eigenvalue weighted by molar-refractivity contribution is 5.70. The smallest absolute Gasteiger partial charge is 0.410 e. The molecule has 0 N–H and O–H groups in total. The fraction of sp³-hybridized carbons (Fsp3) is 0.882. The third kappa shape index (κ3) is 4.72. The molecule has 1 amide bonds. The minimum Gasteiger partial charge on any atom is -0.444 e. The second kappa shape index (κ2) is 6.80. The van der Waals surface area contributed by atoms with Gasteiger partial charge in [-0.3, -0.25) is 0 Å². The van der Waals surface area contributed by atoms with Crippen LogP contribution in [0, 0.1) is 17.8 Å². The van der Waals surface area contributed by atoms with Crippen molar-refractivity contribution in [1.82, 2.24) is 4.90 Å². The van der Waals surface area contributed by atoms with Gasteiger partial charge in [-0.25, -0.2) is 4.79 Å². The zero-order valence-electron chi connectivity index (χ0n) is 13.6. The molecule has 1 aliphatic heterocycles. The number of carbonyl (C=O) groups is 2. The van der Waals surface area contributed by atoms with Crippen molar-refractivity contribution in [2.75, 3.05) is 13.1 Å². The van der Waals surface area contributed by atoms with Crippen LogP contribution in [-0.4, -0.2) is 36.0 Å². The molecule has 2 rings (SSSR count). The van der Waals surface area contributed by atoms with Gasteiger partial charge in [-0.1, -0.05) is 32.1 Å². The molecule has 2 atom stereocenters. The second-order valence-electron chi connectivity index (χ2n) is 7.69. The van der Waals surface area contributed by atoms with Gasteiger partial charge in [0.15, 0.2) is 0 Å². The van der Waals surface area contributed by atoms with Gasteiger partial charge in [0.25, 0.3) is 0 Å². The van der Waals surface area contributed by atoms with Crippen LogP contribution in [0.1, 0.15) is 59.3 Å². The van der Waals surface area contributed by atoms with Crippen LogP contribution in [0.2, 0.25) is 0 Å². The molecule has 1 saturated carbocycles. The summed E-state index contributed by atoms with van der Waals surface area (Å²) in [7, 11) is 0. The van der Waals surface area contributed by atoms with E-state index in [1.54, 1.807) is 4.90 Å². The van der Waals surface area contributed by atoms with Crippen LogP contribution in [0.4, 0.5) is 4.79 Å². The third-order valence-corrected chi connectivity index (χ3v) is 4.68. The number of nitrogens with zero attached hydrogens (tertiary/aromatic N) is 1. The highest BCUT2D eigenvalue weighted by atomic mass is 16.6. The van der Waals surface area contributed by atoms with E-state index < -0.39 is 5.60 Å². The van der Waals surface area contributed by atoms with Crippen molar-refractivity contribution in [3.63, 3.8) is 0 Å². The van der Waals surface area contributed by atoms with E-state index in [2.05, 4.69) is 0 Å². The molecule has 0 spiro atoms. The van der Waals surface area contributed by atoms with Crippen LogP contribution < -0.4 is 0 Å². The lowest BCUT2D eigenvalue weighted by Gasteiger charge is -2.26. The molecule has 2 aliphatic rings. The first kappa shape index (κ1) is 16.3. The number of likely N-dealkylation sites (tertiary alicyclic amines) is 1. The Hall–Kier alpha value is -1.06. The number of rotatable bonds is 3. The quantitative estimate of drug-likeness (QED) is 0.747. The Labute approximate surface area is 128 Å². The summed E-state index contributed by atoms with van der Waals surface area (Å²) >= 11 is 0. The number of carbonyl (C=O) groups excluding carboxylic acids is 2. The highest BCUT2D eigenvalue weighted by Crippen LogP contribution is 2.34. The van der Waals surface area contributed by atoms with Gasteiger partial charge in [0, 0.05) is 19.0 Å². The monoisotopic (exact) mass is 295 g/mol. The van der Waals surface area contributed by atoms with Crippen molar-refractivity contribution in [1.29, 1.82) is 0 Å². The van der Waals surface area contributed by atoms with Gasteiger partial charge in [-0.15, -0.1) is 0 Å². The Kier molecular flexibility index (Phi) is 5.28. The normalized spacial score (nSPS) is 27.7. The third-order valence-electron chi connectivity index (χ3n) is 4.68. The number of amides is 1. The Balaban J connectivity index is 1.90. The maximum absolute atomic E-state index is 12.1. The van der Waals surface area contributed by atoms with Gasteiger partial charge in [0.2, 0.25) is 0 Å². The molecule has 0 aromatic rings. The van der Waals surface area contributed by atoms with Crippen molar-refractivity contribution >= 4 is 12.4 Å². The van der Waals surface area contributed by atoms with E-state index in [0.717, 1.165) is 18.6 Å². The molecule has 1 aliphatic carbocycles. The summed E-state index contributed by atoms with van der Waals surface area (Å²) in [6, 6.07) is 0. The number of hydrogen-bond donors (Lipinski definition) is 0. The first-order valence-electron chi connectivity index (χ1n) is 8.32. The van der Waals surface area contributed by atoms with Crippen molar-refractivity contribution in [2.45, 2.75) is 64.9 Å². The zero-order chi connectivity index (χ0) is 15.5. The molecule has 0 aromatic carbocycles. The van der Waals surface area contributed by atoms with Crippen LogP contribution in [0.15, 0.2) is 0 Å². The number of ether oxygens (including phenoxy) is 1. The first-order chi connectivity index (χ1) is 9.89. The SMILES string of the molecule is CC(C)(C)OC(=O)N1C[C@@H](CC2CCCCC2)[C@H](C=O)C1. The van der Waals surface area contributed by atoms with Gasteiger partial charge in [-0.05, 0) is 39.0 Å². The molecule has 0 radical (unpaired) electrons.